The van der Waals surface area contributed by atoms with Gasteiger partial charge in [-0.2, -0.15) is 0 Å². The van der Waals surface area contributed by atoms with Crippen molar-refractivity contribution in [3.05, 3.63) is 59.8 Å². The number of H-pyrrole nitrogens is 1. The Morgan fingerprint density at radius 3 is 2.82 bits per heavy atom. The summed E-state index contributed by atoms with van der Waals surface area (Å²) in [4.78, 5) is 15.0. The molecule has 146 valence electrons. The molecule has 1 saturated carbocycles. The molecule has 1 heterocycles. The Kier molecular flexibility index (Phi) is 5.14. The number of halogens is 2. The summed E-state index contributed by atoms with van der Waals surface area (Å²) in [6.07, 6.45) is 4.69. The van der Waals surface area contributed by atoms with E-state index in [4.69, 9.17) is 4.74 Å². The fourth-order valence-corrected chi connectivity index (χ4v) is 3.03. The lowest BCUT2D eigenvalue weighted by atomic mass is 10.1. The van der Waals surface area contributed by atoms with Crippen LogP contribution in [0.3, 0.4) is 0 Å². The van der Waals surface area contributed by atoms with E-state index in [1.165, 1.54) is 24.3 Å². The van der Waals surface area contributed by atoms with Crippen molar-refractivity contribution in [1.82, 2.24) is 10.3 Å². The highest BCUT2D eigenvalue weighted by atomic mass is 19.1. The van der Waals surface area contributed by atoms with Crippen LogP contribution in [-0.2, 0) is 6.42 Å². The lowest BCUT2D eigenvalue weighted by molar-refractivity contribution is 0.252. The van der Waals surface area contributed by atoms with Crippen molar-refractivity contribution in [2.24, 2.45) is 5.92 Å². The first kappa shape index (κ1) is 18.3. The Balaban J connectivity index is 1.28. The van der Waals surface area contributed by atoms with Crippen molar-refractivity contribution in [2.45, 2.75) is 19.3 Å². The van der Waals surface area contributed by atoms with Gasteiger partial charge in [0.15, 0.2) is 0 Å². The van der Waals surface area contributed by atoms with Crippen LogP contribution in [0.4, 0.5) is 19.3 Å². The van der Waals surface area contributed by atoms with E-state index in [0.717, 1.165) is 23.8 Å². The van der Waals surface area contributed by atoms with Gasteiger partial charge in [-0.15, -0.1) is 0 Å². The molecule has 0 bridgehead atoms. The van der Waals surface area contributed by atoms with Crippen LogP contribution in [-0.4, -0.2) is 24.2 Å². The Morgan fingerprint density at radius 2 is 2.04 bits per heavy atom. The van der Waals surface area contributed by atoms with Gasteiger partial charge in [0.25, 0.3) is 0 Å². The van der Waals surface area contributed by atoms with Gasteiger partial charge in [0.05, 0.1) is 12.3 Å². The minimum absolute atomic E-state index is 0.0961. The largest absolute Gasteiger partial charge is 0.493 e. The third-order valence-electron chi connectivity index (χ3n) is 4.78. The number of amides is 2. The van der Waals surface area contributed by atoms with Crippen LogP contribution >= 0.6 is 0 Å². The average molecular weight is 385 g/mol. The molecule has 0 spiro atoms. The molecular weight excluding hydrogens is 364 g/mol. The molecule has 1 fully saturated rings. The zero-order chi connectivity index (χ0) is 19.5. The van der Waals surface area contributed by atoms with E-state index >= 15 is 0 Å². The first-order valence-electron chi connectivity index (χ1n) is 9.31. The van der Waals surface area contributed by atoms with Gasteiger partial charge in [0.2, 0.25) is 0 Å². The molecule has 0 aliphatic heterocycles. The molecule has 0 saturated heterocycles. The maximum Gasteiger partial charge on any atom is 0.319 e. The maximum atomic E-state index is 14.1. The third-order valence-corrected chi connectivity index (χ3v) is 4.78. The Morgan fingerprint density at radius 1 is 1.18 bits per heavy atom. The number of aromatic nitrogens is 1. The second-order valence-corrected chi connectivity index (χ2v) is 7.03. The summed E-state index contributed by atoms with van der Waals surface area (Å²) in [5.74, 6) is 0.209. The molecule has 3 N–H and O–H groups in total. The molecule has 4 rings (SSSR count). The van der Waals surface area contributed by atoms with Gasteiger partial charge in [-0.05, 0) is 61.1 Å². The Labute approximate surface area is 161 Å². The van der Waals surface area contributed by atoms with E-state index in [1.54, 1.807) is 18.3 Å². The van der Waals surface area contributed by atoms with Crippen molar-refractivity contribution in [1.29, 1.82) is 0 Å². The number of aromatic amines is 1. The first-order valence-corrected chi connectivity index (χ1v) is 9.31. The quantitative estimate of drug-likeness (QED) is 0.557. The molecule has 1 aliphatic rings. The van der Waals surface area contributed by atoms with Gasteiger partial charge >= 0.3 is 6.03 Å². The number of benzene rings is 2. The van der Waals surface area contributed by atoms with E-state index in [2.05, 4.69) is 15.6 Å². The van der Waals surface area contributed by atoms with E-state index < -0.39 is 11.8 Å². The van der Waals surface area contributed by atoms with Gasteiger partial charge < -0.3 is 20.4 Å². The minimum atomic E-state index is -0.540. The minimum Gasteiger partial charge on any atom is -0.493 e. The van der Waals surface area contributed by atoms with Crippen molar-refractivity contribution in [2.75, 3.05) is 18.5 Å². The molecule has 1 aromatic heterocycles. The number of hydrogen-bond donors (Lipinski definition) is 3. The monoisotopic (exact) mass is 385 g/mol. The third kappa shape index (κ3) is 4.42. The Bertz CT molecular complexity index is 998. The topological polar surface area (TPSA) is 66.2 Å². The standard InChI is InChI=1S/C21H21F2N3O2/c22-15-3-5-17-14(11-25-20(17)9-15)7-8-24-21(27)26-19-6-4-16(10-18(19)23)28-12-13-1-2-13/h3-6,9-11,13,25H,1-2,7-8,12H2,(H2,24,26,27). The second-order valence-electron chi connectivity index (χ2n) is 7.03. The number of hydrogen-bond acceptors (Lipinski definition) is 2. The highest BCUT2D eigenvalue weighted by Gasteiger charge is 2.22. The first-order chi connectivity index (χ1) is 13.6. The summed E-state index contributed by atoms with van der Waals surface area (Å²) in [5.41, 5.74) is 1.78. The van der Waals surface area contributed by atoms with Crippen LogP contribution in [0.15, 0.2) is 42.6 Å². The number of urea groups is 1. The van der Waals surface area contributed by atoms with Crippen molar-refractivity contribution >= 4 is 22.6 Å². The van der Waals surface area contributed by atoms with Crippen LogP contribution < -0.4 is 15.4 Å². The molecule has 7 heteroatoms. The summed E-state index contributed by atoms with van der Waals surface area (Å²) < 4.78 is 32.9. The molecule has 0 unspecified atom stereocenters. The molecule has 3 aromatic rings. The lowest BCUT2D eigenvalue weighted by Crippen LogP contribution is -2.30. The predicted molar refractivity (Wildman–Crippen MR) is 104 cm³/mol. The lowest BCUT2D eigenvalue weighted by Gasteiger charge is -2.10. The summed E-state index contributed by atoms with van der Waals surface area (Å²) in [7, 11) is 0. The highest BCUT2D eigenvalue weighted by Crippen LogP contribution is 2.30. The smallest absolute Gasteiger partial charge is 0.319 e. The molecule has 0 atom stereocenters. The van der Waals surface area contributed by atoms with Gasteiger partial charge in [-0.1, -0.05) is 0 Å². The van der Waals surface area contributed by atoms with Crippen LogP contribution in [0.2, 0.25) is 0 Å². The summed E-state index contributed by atoms with van der Waals surface area (Å²) >= 11 is 0. The SMILES string of the molecule is O=C(NCCc1c[nH]c2cc(F)ccc12)Nc1ccc(OCC2CC2)cc1F. The summed E-state index contributed by atoms with van der Waals surface area (Å²) in [6, 6.07) is 8.47. The molecule has 2 amide bonds. The maximum absolute atomic E-state index is 14.1. The predicted octanol–water partition coefficient (Wildman–Crippen LogP) is 4.60. The van der Waals surface area contributed by atoms with Gasteiger partial charge in [0.1, 0.15) is 17.4 Å². The normalized spacial score (nSPS) is 13.5. The van der Waals surface area contributed by atoms with Gasteiger partial charge in [0, 0.05) is 29.7 Å². The number of carbonyl (C=O) groups is 1. The number of ether oxygens (including phenoxy) is 1. The van der Waals surface area contributed by atoms with Crippen LogP contribution in [0.25, 0.3) is 10.9 Å². The van der Waals surface area contributed by atoms with Gasteiger partial charge in [-0.25, -0.2) is 13.6 Å². The number of fused-ring (bicyclic) bond motifs is 1. The fourth-order valence-electron chi connectivity index (χ4n) is 3.03. The van der Waals surface area contributed by atoms with Crippen LogP contribution in [0, 0.1) is 17.6 Å². The van der Waals surface area contributed by atoms with Crippen molar-refractivity contribution in [3.8, 4) is 5.75 Å². The summed E-state index contributed by atoms with van der Waals surface area (Å²) in [6.45, 7) is 0.966. The van der Waals surface area contributed by atoms with E-state index in [-0.39, 0.29) is 11.5 Å². The molecular formula is C21H21F2N3O2. The molecule has 28 heavy (non-hydrogen) atoms. The zero-order valence-electron chi connectivity index (χ0n) is 15.2. The van der Waals surface area contributed by atoms with Crippen molar-refractivity contribution < 1.29 is 18.3 Å². The summed E-state index contributed by atoms with van der Waals surface area (Å²) in [5, 5.41) is 6.11. The average Bonchev–Trinajstić information content (AvgIpc) is 3.42. The highest BCUT2D eigenvalue weighted by molar-refractivity contribution is 5.89. The molecule has 5 nitrogen and oxygen atoms in total. The molecule has 0 radical (unpaired) electrons. The van der Waals surface area contributed by atoms with Crippen LogP contribution in [0.5, 0.6) is 5.75 Å². The van der Waals surface area contributed by atoms with Crippen molar-refractivity contribution in [3.63, 3.8) is 0 Å². The van der Waals surface area contributed by atoms with E-state index in [9.17, 15) is 13.6 Å². The number of nitrogens with one attached hydrogen (secondary N) is 3. The fraction of sp³-hybridized carbons (Fsp3) is 0.286. The zero-order valence-corrected chi connectivity index (χ0v) is 15.2. The van der Waals surface area contributed by atoms with E-state index in [1.807, 2.05) is 0 Å². The Hall–Kier alpha value is -3.09. The molecule has 2 aromatic carbocycles. The number of anilines is 1. The number of rotatable bonds is 7. The molecule has 1 aliphatic carbocycles. The van der Waals surface area contributed by atoms with Crippen LogP contribution in [0.1, 0.15) is 18.4 Å². The van der Waals surface area contributed by atoms with Gasteiger partial charge in [-0.3, -0.25) is 0 Å². The van der Waals surface area contributed by atoms with E-state index in [0.29, 0.717) is 36.8 Å². The second kappa shape index (κ2) is 7.88. The number of carbonyl (C=O) groups excluding carboxylic acids is 1.